The van der Waals surface area contributed by atoms with Gasteiger partial charge in [-0.05, 0) is 41.8 Å². The number of anilines is 1. The van der Waals surface area contributed by atoms with Crippen LogP contribution in [0.3, 0.4) is 0 Å². The van der Waals surface area contributed by atoms with E-state index in [1.807, 2.05) is 36.4 Å². The van der Waals surface area contributed by atoms with Crippen LogP contribution in [0.2, 0.25) is 0 Å². The number of hydrogen-bond donors (Lipinski definition) is 4. The van der Waals surface area contributed by atoms with Crippen molar-refractivity contribution in [2.24, 2.45) is 0 Å². The molecule has 0 bridgehead atoms. The van der Waals surface area contributed by atoms with Crippen LogP contribution in [0.25, 0.3) is 0 Å². The summed E-state index contributed by atoms with van der Waals surface area (Å²) >= 11 is 0. The van der Waals surface area contributed by atoms with Gasteiger partial charge in [0, 0.05) is 36.8 Å². The zero-order valence-electron chi connectivity index (χ0n) is 21.2. The Morgan fingerprint density at radius 3 is 2.33 bits per heavy atom. The number of aromatic amines is 2. The predicted molar refractivity (Wildman–Crippen MR) is 145 cm³/mol. The van der Waals surface area contributed by atoms with Crippen LogP contribution >= 0.6 is 0 Å². The van der Waals surface area contributed by atoms with E-state index in [1.54, 1.807) is 6.07 Å². The van der Waals surface area contributed by atoms with Gasteiger partial charge < -0.3 is 20.1 Å². The van der Waals surface area contributed by atoms with Gasteiger partial charge >= 0.3 is 0 Å². The van der Waals surface area contributed by atoms with E-state index in [1.165, 1.54) is 18.1 Å². The predicted octanol–water partition coefficient (Wildman–Crippen LogP) is 2.40. The van der Waals surface area contributed by atoms with Crippen molar-refractivity contribution in [3.63, 3.8) is 0 Å². The molecule has 1 saturated heterocycles. The summed E-state index contributed by atoms with van der Waals surface area (Å²) in [6.45, 7) is 4.38. The van der Waals surface area contributed by atoms with Crippen LogP contribution in [0.1, 0.15) is 33.9 Å². The Morgan fingerprint density at radius 1 is 1.03 bits per heavy atom. The van der Waals surface area contributed by atoms with Crippen molar-refractivity contribution < 1.29 is 14.6 Å². The summed E-state index contributed by atoms with van der Waals surface area (Å²) in [5, 5.41) is 19.5. The number of benzene rings is 2. The molecule has 0 spiro atoms. The molecule has 10 heteroatoms. The number of aromatic nitrogens is 4. The zero-order chi connectivity index (χ0) is 27.0. The van der Waals surface area contributed by atoms with E-state index < -0.39 is 23.1 Å². The molecule has 2 aromatic heterocycles. The molecule has 198 valence electrons. The summed E-state index contributed by atoms with van der Waals surface area (Å²) in [7, 11) is 0. The van der Waals surface area contributed by atoms with E-state index in [9.17, 15) is 14.7 Å². The van der Waals surface area contributed by atoms with E-state index in [-0.39, 0.29) is 12.1 Å². The van der Waals surface area contributed by atoms with Crippen molar-refractivity contribution in [1.29, 1.82) is 0 Å². The molecule has 0 aliphatic carbocycles. The lowest BCUT2D eigenvalue weighted by Crippen LogP contribution is -2.35. The first-order valence-electron chi connectivity index (χ1n) is 12.6. The molecular weight excluding hydrogens is 496 g/mol. The fourth-order valence-electron chi connectivity index (χ4n) is 4.34. The molecule has 1 atom stereocenters. The second-order valence-electron chi connectivity index (χ2n) is 9.21. The highest BCUT2D eigenvalue weighted by Crippen LogP contribution is 2.25. The molecule has 1 fully saturated rings. The van der Waals surface area contributed by atoms with Gasteiger partial charge in [0.15, 0.2) is 0 Å². The van der Waals surface area contributed by atoms with Gasteiger partial charge in [-0.2, -0.15) is 5.10 Å². The van der Waals surface area contributed by atoms with Crippen LogP contribution in [0.4, 0.5) is 5.82 Å². The molecule has 1 aliphatic rings. The number of carbonyl (C=O) groups excluding carboxylic acids is 1. The number of H-pyrrole nitrogens is 2. The minimum atomic E-state index is -0.913. The number of rotatable bonds is 7. The Kier molecular flexibility index (Phi) is 8.12. The van der Waals surface area contributed by atoms with Crippen molar-refractivity contribution in [2.75, 3.05) is 31.6 Å². The highest BCUT2D eigenvalue weighted by molar-refractivity contribution is 5.95. The number of amides is 1. The lowest BCUT2D eigenvalue weighted by Gasteiger charge is -2.26. The maximum absolute atomic E-state index is 13.1. The highest BCUT2D eigenvalue weighted by Gasteiger charge is 2.27. The molecule has 3 heterocycles. The summed E-state index contributed by atoms with van der Waals surface area (Å²) in [5.41, 5.74) is 3.11. The molecule has 1 aliphatic heterocycles. The molecule has 1 amide bonds. The van der Waals surface area contributed by atoms with Crippen LogP contribution in [-0.4, -0.2) is 62.4 Å². The van der Waals surface area contributed by atoms with Crippen molar-refractivity contribution in [2.45, 2.75) is 18.9 Å². The molecule has 39 heavy (non-hydrogen) atoms. The molecule has 4 N–H and O–H groups in total. The normalized spacial score (nSPS) is 14.3. The van der Waals surface area contributed by atoms with Gasteiger partial charge in [-0.1, -0.05) is 36.1 Å². The van der Waals surface area contributed by atoms with E-state index in [0.717, 1.165) is 49.5 Å². The number of aromatic hydroxyl groups is 1. The van der Waals surface area contributed by atoms with Gasteiger partial charge in [-0.3, -0.25) is 19.6 Å². The summed E-state index contributed by atoms with van der Waals surface area (Å²) < 4.78 is 5.41. The first-order valence-corrected chi connectivity index (χ1v) is 12.6. The Morgan fingerprint density at radius 2 is 1.69 bits per heavy atom. The standard InChI is InChI=1S/C29H28N6O4/c36-27-26(30-19-31-29(27)38)24(28(37)33-25-11-12-32-34-25)17-22-7-3-20(4-8-22)1-2-21-5-9-23(10-6-21)18-35-13-15-39-16-14-35/h3-12,19,24,36H,13-18H2,(H,30,31,38)(H2,32,33,34,37). The molecule has 10 nitrogen and oxygen atoms in total. The van der Waals surface area contributed by atoms with Crippen molar-refractivity contribution in [1.82, 2.24) is 25.1 Å². The average molecular weight is 525 g/mol. The summed E-state index contributed by atoms with van der Waals surface area (Å²) in [6.07, 6.45) is 2.89. The minimum Gasteiger partial charge on any atom is -0.502 e. The van der Waals surface area contributed by atoms with Gasteiger partial charge in [0.1, 0.15) is 11.5 Å². The monoisotopic (exact) mass is 524 g/mol. The Hall–Kier alpha value is -4.72. The molecule has 4 aromatic rings. The number of morpholine rings is 1. The zero-order valence-corrected chi connectivity index (χ0v) is 21.2. The van der Waals surface area contributed by atoms with Crippen LogP contribution in [-0.2, 0) is 22.5 Å². The fraction of sp³-hybridized carbons (Fsp3) is 0.241. The van der Waals surface area contributed by atoms with E-state index in [4.69, 9.17) is 4.74 Å². The van der Waals surface area contributed by atoms with Crippen LogP contribution in [0.5, 0.6) is 5.75 Å². The number of ether oxygens (including phenoxy) is 1. The first-order chi connectivity index (χ1) is 19.0. The maximum atomic E-state index is 13.1. The fourth-order valence-corrected chi connectivity index (χ4v) is 4.34. The summed E-state index contributed by atoms with van der Waals surface area (Å²) in [6, 6.07) is 17.4. The van der Waals surface area contributed by atoms with Crippen molar-refractivity contribution in [3.05, 3.63) is 105 Å². The third-order valence-corrected chi connectivity index (χ3v) is 6.47. The van der Waals surface area contributed by atoms with Crippen LogP contribution in [0.15, 0.2) is 71.9 Å². The number of nitrogens with zero attached hydrogens (tertiary/aromatic N) is 3. The van der Waals surface area contributed by atoms with Crippen molar-refractivity contribution >= 4 is 11.7 Å². The van der Waals surface area contributed by atoms with Crippen LogP contribution < -0.4 is 10.9 Å². The van der Waals surface area contributed by atoms with Crippen molar-refractivity contribution in [3.8, 4) is 17.6 Å². The lowest BCUT2D eigenvalue weighted by molar-refractivity contribution is -0.117. The minimum absolute atomic E-state index is 0.00306. The second kappa shape index (κ2) is 12.2. The molecular formula is C29H28N6O4. The molecule has 5 rings (SSSR count). The second-order valence-corrected chi connectivity index (χ2v) is 9.21. The van der Waals surface area contributed by atoms with Crippen LogP contribution in [0, 0.1) is 11.8 Å². The Labute approximate surface area is 225 Å². The summed E-state index contributed by atoms with van der Waals surface area (Å²) in [4.78, 5) is 33.8. The van der Waals surface area contributed by atoms with Gasteiger partial charge in [0.05, 0.1) is 31.7 Å². The molecule has 0 radical (unpaired) electrons. The molecule has 0 saturated carbocycles. The smallest absolute Gasteiger partial charge is 0.293 e. The van der Waals surface area contributed by atoms with Gasteiger partial charge in [-0.25, -0.2) is 4.98 Å². The maximum Gasteiger partial charge on any atom is 0.293 e. The number of hydrogen-bond acceptors (Lipinski definition) is 7. The van der Waals surface area contributed by atoms with Gasteiger partial charge in [0.2, 0.25) is 11.7 Å². The quantitative estimate of drug-likeness (QED) is 0.273. The van der Waals surface area contributed by atoms with Gasteiger partial charge in [-0.15, -0.1) is 0 Å². The first kappa shape index (κ1) is 25.9. The highest BCUT2D eigenvalue weighted by atomic mass is 16.5. The number of carbonyl (C=O) groups is 1. The molecule has 1 unspecified atom stereocenters. The number of nitrogens with one attached hydrogen (secondary N) is 3. The average Bonchev–Trinajstić information content (AvgIpc) is 3.47. The SMILES string of the molecule is O=C(Nc1ccn[nH]1)C(Cc1ccc(C#Cc2ccc(CN3CCOCC3)cc2)cc1)c1nc[nH]c(=O)c1O. The topological polar surface area (TPSA) is 136 Å². The third-order valence-electron chi connectivity index (χ3n) is 6.47. The molecule has 2 aromatic carbocycles. The van der Waals surface area contributed by atoms with E-state index >= 15 is 0 Å². The third kappa shape index (κ3) is 6.78. The summed E-state index contributed by atoms with van der Waals surface area (Å²) in [5.74, 6) is 4.84. The van der Waals surface area contributed by atoms with Gasteiger partial charge in [0.25, 0.3) is 5.56 Å². The largest absolute Gasteiger partial charge is 0.502 e. The van der Waals surface area contributed by atoms with E-state index in [2.05, 4.69) is 54.4 Å². The van der Waals surface area contributed by atoms with E-state index in [0.29, 0.717) is 5.82 Å². The Bertz CT molecular complexity index is 1510. The lowest BCUT2D eigenvalue weighted by atomic mass is 9.94. The Balaban J connectivity index is 1.27.